The maximum absolute atomic E-state index is 13.1. The summed E-state index contributed by atoms with van der Waals surface area (Å²) in [5, 5.41) is 13.4. The second-order valence-electron chi connectivity index (χ2n) is 8.27. The molecule has 0 saturated carbocycles. The molecule has 148 valence electrons. The van der Waals surface area contributed by atoms with Crippen molar-refractivity contribution in [2.75, 3.05) is 20.2 Å². The van der Waals surface area contributed by atoms with Crippen LogP contribution in [0.4, 0.5) is 0 Å². The lowest BCUT2D eigenvalue weighted by Gasteiger charge is -2.29. The molecule has 2 aromatic heterocycles. The zero-order valence-corrected chi connectivity index (χ0v) is 16.8. The summed E-state index contributed by atoms with van der Waals surface area (Å²) < 4.78 is 7.17. The number of fused-ring (bicyclic) bond motifs is 1. The maximum atomic E-state index is 13.1. The molecule has 8 nitrogen and oxygen atoms in total. The Morgan fingerprint density at radius 3 is 2.61 bits per heavy atom. The lowest BCUT2D eigenvalue weighted by atomic mass is 10.0. The number of pyridine rings is 1. The van der Waals surface area contributed by atoms with Gasteiger partial charge in [0.05, 0.1) is 12.6 Å². The van der Waals surface area contributed by atoms with Gasteiger partial charge in [0.2, 0.25) is 0 Å². The Labute approximate surface area is 163 Å². The van der Waals surface area contributed by atoms with Crippen LogP contribution in [0.2, 0.25) is 0 Å². The molecule has 3 aromatic rings. The van der Waals surface area contributed by atoms with Crippen LogP contribution >= 0.6 is 0 Å². The summed E-state index contributed by atoms with van der Waals surface area (Å²) >= 11 is 0. The molecule has 1 aromatic carbocycles. The average molecular weight is 382 g/mol. The minimum Gasteiger partial charge on any atom is -0.497 e. The Balaban J connectivity index is 1.91. The second kappa shape index (κ2) is 7.01. The van der Waals surface area contributed by atoms with Gasteiger partial charge in [-0.1, -0.05) is 0 Å². The number of ether oxygens (including phenoxy) is 1. The van der Waals surface area contributed by atoms with E-state index in [0.717, 1.165) is 42.6 Å². The van der Waals surface area contributed by atoms with Crippen LogP contribution in [0.3, 0.4) is 0 Å². The van der Waals surface area contributed by atoms with Gasteiger partial charge in [0.1, 0.15) is 11.8 Å². The van der Waals surface area contributed by atoms with Gasteiger partial charge < -0.3 is 9.72 Å². The summed E-state index contributed by atoms with van der Waals surface area (Å²) in [6.07, 6.45) is 2.21. The largest absolute Gasteiger partial charge is 0.497 e. The van der Waals surface area contributed by atoms with Gasteiger partial charge in [0, 0.05) is 16.5 Å². The van der Waals surface area contributed by atoms with Crippen LogP contribution in [-0.4, -0.2) is 50.3 Å². The van der Waals surface area contributed by atoms with Gasteiger partial charge in [-0.25, -0.2) is 4.68 Å². The lowest BCUT2D eigenvalue weighted by molar-refractivity contribution is 0.241. The molecule has 1 atom stereocenters. The number of nitrogens with one attached hydrogen (secondary N) is 1. The van der Waals surface area contributed by atoms with E-state index in [1.165, 1.54) is 0 Å². The molecule has 3 heterocycles. The summed E-state index contributed by atoms with van der Waals surface area (Å²) in [4.78, 5) is 18.4. The van der Waals surface area contributed by atoms with Crippen LogP contribution in [0.25, 0.3) is 10.9 Å². The van der Waals surface area contributed by atoms with E-state index in [-0.39, 0.29) is 17.1 Å². The first-order valence-corrected chi connectivity index (χ1v) is 9.62. The number of hydrogen-bond acceptors (Lipinski definition) is 6. The topological polar surface area (TPSA) is 88.9 Å². The van der Waals surface area contributed by atoms with E-state index in [9.17, 15) is 4.79 Å². The molecule has 1 saturated heterocycles. The highest BCUT2D eigenvalue weighted by Crippen LogP contribution is 2.32. The maximum Gasteiger partial charge on any atom is 0.253 e. The smallest absolute Gasteiger partial charge is 0.253 e. The van der Waals surface area contributed by atoms with Crippen molar-refractivity contribution in [2.45, 2.75) is 45.2 Å². The predicted octanol–water partition coefficient (Wildman–Crippen LogP) is 2.46. The summed E-state index contributed by atoms with van der Waals surface area (Å²) in [5.41, 5.74) is 1.04. The Kier molecular flexibility index (Phi) is 4.66. The van der Waals surface area contributed by atoms with E-state index in [0.29, 0.717) is 11.4 Å². The Morgan fingerprint density at radius 2 is 1.93 bits per heavy atom. The molecule has 0 spiro atoms. The van der Waals surface area contributed by atoms with Gasteiger partial charge >= 0.3 is 0 Å². The van der Waals surface area contributed by atoms with Gasteiger partial charge in [-0.3, -0.25) is 9.69 Å². The molecule has 1 unspecified atom stereocenters. The van der Waals surface area contributed by atoms with Gasteiger partial charge in [0.25, 0.3) is 5.56 Å². The Bertz CT molecular complexity index is 1040. The third-order valence-corrected chi connectivity index (χ3v) is 5.25. The van der Waals surface area contributed by atoms with Gasteiger partial charge in [0.15, 0.2) is 5.82 Å². The van der Waals surface area contributed by atoms with E-state index in [2.05, 4.69) is 46.2 Å². The molecule has 0 bridgehead atoms. The van der Waals surface area contributed by atoms with Crippen molar-refractivity contribution in [3.8, 4) is 5.75 Å². The summed E-state index contributed by atoms with van der Waals surface area (Å²) in [6.45, 7) is 8.00. The first kappa shape index (κ1) is 18.6. The molecule has 0 aliphatic carbocycles. The van der Waals surface area contributed by atoms with Crippen LogP contribution in [0, 0.1) is 0 Å². The van der Waals surface area contributed by atoms with Gasteiger partial charge in [-0.05, 0) is 81.4 Å². The summed E-state index contributed by atoms with van der Waals surface area (Å²) in [5.74, 6) is 1.45. The van der Waals surface area contributed by atoms with E-state index in [1.807, 2.05) is 28.9 Å². The summed E-state index contributed by atoms with van der Waals surface area (Å²) in [6, 6.07) is 7.29. The van der Waals surface area contributed by atoms with Crippen molar-refractivity contribution in [3.05, 3.63) is 46.0 Å². The molecule has 1 aliphatic rings. The van der Waals surface area contributed by atoms with Crippen molar-refractivity contribution in [2.24, 2.45) is 0 Å². The van der Waals surface area contributed by atoms with Crippen molar-refractivity contribution < 1.29 is 4.74 Å². The highest BCUT2D eigenvalue weighted by molar-refractivity contribution is 5.80. The number of likely N-dealkylation sites (tertiary alicyclic amines) is 1. The fourth-order valence-electron chi connectivity index (χ4n) is 3.87. The van der Waals surface area contributed by atoms with E-state index in [1.54, 1.807) is 7.11 Å². The van der Waals surface area contributed by atoms with Crippen molar-refractivity contribution in [3.63, 3.8) is 0 Å². The number of methoxy groups -OCH3 is 1. The normalized spacial score (nSPS) is 16.6. The van der Waals surface area contributed by atoms with Crippen LogP contribution in [0.15, 0.2) is 29.1 Å². The van der Waals surface area contributed by atoms with E-state index < -0.39 is 0 Å². The SMILES string of the molecule is COc1ccc2[nH]c(=O)c(C(c3nnnn3C(C)(C)C)N3CCCC3)cc2c1. The highest BCUT2D eigenvalue weighted by atomic mass is 16.5. The minimum absolute atomic E-state index is 0.113. The molecule has 0 amide bonds. The Hall–Kier alpha value is -2.74. The quantitative estimate of drug-likeness (QED) is 0.746. The zero-order chi connectivity index (χ0) is 19.9. The number of hydrogen-bond donors (Lipinski definition) is 1. The van der Waals surface area contributed by atoms with Crippen molar-refractivity contribution >= 4 is 10.9 Å². The number of nitrogens with zero attached hydrogens (tertiary/aromatic N) is 5. The van der Waals surface area contributed by atoms with Gasteiger partial charge in [-0.15, -0.1) is 5.10 Å². The van der Waals surface area contributed by atoms with Crippen molar-refractivity contribution in [1.29, 1.82) is 0 Å². The number of rotatable bonds is 4. The third kappa shape index (κ3) is 3.28. The standard InChI is InChI=1S/C20H26N6O2/c1-20(2,3)26-18(22-23-24-26)17(25-9-5-6-10-25)15-12-13-11-14(28-4)7-8-16(13)21-19(15)27/h7-8,11-12,17H,5-6,9-10H2,1-4H3,(H,21,27). The molecule has 1 aliphatic heterocycles. The van der Waals surface area contributed by atoms with Crippen LogP contribution in [-0.2, 0) is 5.54 Å². The van der Waals surface area contributed by atoms with Crippen molar-refractivity contribution in [1.82, 2.24) is 30.1 Å². The first-order valence-electron chi connectivity index (χ1n) is 9.62. The fourth-order valence-corrected chi connectivity index (χ4v) is 3.87. The second-order valence-corrected chi connectivity index (χ2v) is 8.27. The minimum atomic E-state index is -0.295. The number of benzene rings is 1. The molecular formula is C20H26N6O2. The lowest BCUT2D eigenvalue weighted by Crippen LogP contribution is -2.36. The average Bonchev–Trinajstić information content (AvgIpc) is 3.34. The van der Waals surface area contributed by atoms with Gasteiger partial charge in [-0.2, -0.15) is 0 Å². The van der Waals surface area contributed by atoms with Crippen LogP contribution in [0.1, 0.15) is 51.0 Å². The highest BCUT2D eigenvalue weighted by Gasteiger charge is 2.34. The fraction of sp³-hybridized carbons (Fsp3) is 0.500. The number of tetrazole rings is 1. The number of aromatic nitrogens is 5. The monoisotopic (exact) mass is 382 g/mol. The molecule has 4 rings (SSSR count). The molecular weight excluding hydrogens is 356 g/mol. The van der Waals surface area contributed by atoms with Crippen LogP contribution in [0.5, 0.6) is 5.75 Å². The molecule has 1 N–H and O–H groups in total. The number of aromatic amines is 1. The molecule has 1 fully saturated rings. The predicted molar refractivity (Wildman–Crippen MR) is 107 cm³/mol. The third-order valence-electron chi connectivity index (χ3n) is 5.25. The molecule has 0 radical (unpaired) electrons. The molecule has 28 heavy (non-hydrogen) atoms. The first-order chi connectivity index (χ1) is 13.4. The van der Waals surface area contributed by atoms with E-state index >= 15 is 0 Å². The Morgan fingerprint density at radius 1 is 1.18 bits per heavy atom. The van der Waals surface area contributed by atoms with E-state index in [4.69, 9.17) is 4.74 Å². The summed E-state index contributed by atoms with van der Waals surface area (Å²) in [7, 11) is 1.64. The zero-order valence-electron chi connectivity index (χ0n) is 16.8. The van der Waals surface area contributed by atoms with Crippen LogP contribution < -0.4 is 10.3 Å². The molecule has 8 heteroatoms. The number of H-pyrrole nitrogens is 1.